The van der Waals surface area contributed by atoms with Gasteiger partial charge in [-0.1, -0.05) is 81.4 Å². The fourth-order valence-corrected chi connectivity index (χ4v) is 7.22. The summed E-state index contributed by atoms with van der Waals surface area (Å²) in [5, 5.41) is 11.5. The van der Waals surface area contributed by atoms with Gasteiger partial charge in [0.2, 0.25) is 17.7 Å². The second-order valence-corrected chi connectivity index (χ2v) is 19.1. The second-order valence-electron chi connectivity index (χ2n) is 16.6. The molecule has 1 unspecified atom stereocenters. The van der Waals surface area contributed by atoms with E-state index >= 15 is 0 Å². The number of nitrogens with one attached hydrogen (secondary N) is 3. The van der Waals surface area contributed by atoms with Crippen LogP contribution in [0.4, 0.5) is 16.3 Å². The number of primary amides is 1. The SMILES string of the molecule is CC.CC(C)CC(=O)NC(C)C(=O)Nc1ccc(COC(=O)N(C)Cc2ccc(-c3cc(-c4nc(-c5ccc(S(=O)(=O)C(C)C)cc5)cnc4N)on3)cc2)cc1.NC(=O)COCCOCCOCCN[C-]=O.[Fm]. The average molecular weight is 1290 g/mol. The van der Waals surface area contributed by atoms with Gasteiger partial charge in [-0.3, -0.25) is 14.4 Å². The molecular formula is C51H68FmN9O12S-. The third-order valence-corrected chi connectivity index (χ3v) is 12.2. The average Bonchev–Trinajstić information content (AvgIpc) is 3.86. The monoisotopic (exact) mass is 1290 g/mol. The molecule has 74 heavy (non-hydrogen) atoms. The number of nitrogens with zero attached hydrogens (tertiary/aromatic N) is 4. The van der Waals surface area contributed by atoms with Crippen molar-refractivity contribution in [3.05, 3.63) is 96.2 Å². The van der Waals surface area contributed by atoms with E-state index in [-0.39, 0.29) is 41.7 Å². The Balaban J connectivity index is 0.000000844. The van der Waals surface area contributed by atoms with E-state index in [1.807, 2.05) is 52.0 Å². The van der Waals surface area contributed by atoms with Gasteiger partial charge >= 0.3 is 6.09 Å². The van der Waals surface area contributed by atoms with E-state index in [1.54, 1.807) is 82.4 Å². The summed E-state index contributed by atoms with van der Waals surface area (Å²) in [6.07, 6.45) is 2.88. The number of amides is 5. The van der Waals surface area contributed by atoms with E-state index in [1.165, 1.54) is 17.5 Å². The summed E-state index contributed by atoms with van der Waals surface area (Å²) < 4.78 is 51.2. The van der Waals surface area contributed by atoms with Crippen molar-refractivity contribution in [2.75, 3.05) is 64.3 Å². The van der Waals surface area contributed by atoms with Crippen LogP contribution in [-0.4, -0.2) is 123 Å². The third-order valence-electron chi connectivity index (χ3n) is 10.0. The number of nitrogen functional groups attached to an aromatic ring is 1. The number of benzene rings is 3. The molecule has 0 saturated carbocycles. The predicted molar refractivity (Wildman–Crippen MR) is 276 cm³/mol. The molecule has 0 aliphatic carbocycles. The summed E-state index contributed by atoms with van der Waals surface area (Å²) in [5.41, 5.74) is 15.9. The number of rotatable bonds is 26. The number of nitrogens with two attached hydrogens (primary N) is 2. The van der Waals surface area contributed by atoms with Gasteiger partial charge in [0.25, 0.3) is 0 Å². The Hall–Kier alpha value is -8.27. The Kier molecular flexibility index (Phi) is 26.7. The predicted octanol–water partition coefficient (Wildman–Crippen LogP) is 5.69. The summed E-state index contributed by atoms with van der Waals surface area (Å²) in [6, 6.07) is 21.8. The van der Waals surface area contributed by atoms with E-state index < -0.39 is 33.1 Å². The minimum atomic E-state index is -3.41. The molecule has 408 valence electrons. The summed E-state index contributed by atoms with van der Waals surface area (Å²) in [5.74, 6) is -0.356. The van der Waals surface area contributed by atoms with Crippen LogP contribution in [0.3, 0.4) is 0 Å². The maximum absolute atomic E-state index is 12.8. The fraction of sp³-hybridized carbons (Fsp3) is 0.412. The molecule has 1 atom stereocenters. The van der Waals surface area contributed by atoms with E-state index in [4.69, 9.17) is 34.9 Å². The van der Waals surface area contributed by atoms with Gasteiger partial charge in [-0.2, -0.15) is 6.41 Å². The Morgan fingerprint density at radius 2 is 1.39 bits per heavy atom. The van der Waals surface area contributed by atoms with Gasteiger partial charge in [0.05, 0.1) is 55.1 Å². The Bertz CT molecular complexity index is 2620. The maximum Gasteiger partial charge on any atom is 0.410 e. The van der Waals surface area contributed by atoms with E-state index in [0.717, 1.165) is 16.7 Å². The molecule has 0 bridgehead atoms. The van der Waals surface area contributed by atoms with Crippen molar-refractivity contribution in [3.8, 4) is 34.0 Å². The first kappa shape index (κ1) is 61.8. The van der Waals surface area contributed by atoms with Crippen LogP contribution in [0.15, 0.2) is 94.5 Å². The molecule has 23 heteroatoms. The molecule has 5 aromatic rings. The third kappa shape index (κ3) is 20.8. The van der Waals surface area contributed by atoms with Crippen molar-refractivity contribution in [1.82, 2.24) is 30.7 Å². The van der Waals surface area contributed by atoms with Crippen molar-refractivity contribution in [3.63, 3.8) is 0 Å². The Morgan fingerprint density at radius 1 is 0.811 bits per heavy atom. The van der Waals surface area contributed by atoms with Crippen molar-refractivity contribution < 1.29 is 55.9 Å². The van der Waals surface area contributed by atoms with Crippen LogP contribution >= 0.6 is 0 Å². The Labute approximate surface area is 427 Å². The normalized spacial score (nSPS) is 11.2. The van der Waals surface area contributed by atoms with Crippen molar-refractivity contribution in [2.45, 2.75) is 84.2 Å². The molecule has 21 nitrogen and oxygen atoms in total. The van der Waals surface area contributed by atoms with Crippen LogP contribution in [-0.2, 0) is 61.1 Å². The number of hydrogen-bond donors (Lipinski definition) is 5. The summed E-state index contributed by atoms with van der Waals surface area (Å²) in [7, 11) is -1.77. The quantitative estimate of drug-likeness (QED) is 0.0252. The van der Waals surface area contributed by atoms with Gasteiger partial charge in [0.1, 0.15) is 24.9 Å². The zero-order valence-corrected chi connectivity index (χ0v) is 46.1. The van der Waals surface area contributed by atoms with Gasteiger partial charge in [0.15, 0.2) is 27.1 Å². The van der Waals surface area contributed by atoms with Crippen molar-refractivity contribution in [2.24, 2.45) is 11.7 Å². The molecule has 7 N–H and O–H groups in total. The molecule has 0 aliphatic rings. The molecular weight excluding hydrogens is 1220 g/mol. The molecule has 0 aliphatic heterocycles. The largest absolute Gasteiger partial charge is 0.528 e. The topological polar surface area (TPSA) is 300 Å². The number of anilines is 2. The van der Waals surface area contributed by atoms with E-state index in [0.29, 0.717) is 86.6 Å². The summed E-state index contributed by atoms with van der Waals surface area (Å²) in [6.45, 7) is 15.5. The van der Waals surface area contributed by atoms with Crippen LogP contribution in [0, 0.1) is 5.92 Å². The number of ether oxygens (including phenoxy) is 4. The standard InChI is InChI=1S/C40H45N7O7S.C9H17N2O5.C2H6.Fm/c1-24(2)19-36(48)43-26(5)39(49)44-31-15-9-28(10-16-31)23-53-40(50)47(6)22-27-7-11-29(12-8-27)33-20-35(54-46-33)37-38(41)42-21-34(45-37)30-13-17-32(18-14-30)55(51,52)25(3)4;10-9(13)7-16-6-5-15-4-3-14-2-1-11-8-12;1-2;/h7-18,20-21,24-26H,19,22-23H2,1-6H3,(H2,41,42)(H,43,48)(H,44,49);1-7H2,(H2,10,13)(H,11,12);1-2H3;/q;-1;;. The zero-order valence-electron chi connectivity index (χ0n) is 42.9. The zero-order chi connectivity index (χ0) is 53.9. The number of hydrogen-bond acceptors (Lipinski definition) is 16. The minimum absolute atomic E-state index is 0. The first-order chi connectivity index (χ1) is 34.9. The molecule has 0 radical (unpaired) electrons. The van der Waals surface area contributed by atoms with Gasteiger partial charge in [-0.05, 0) is 62.1 Å². The molecule has 5 rings (SSSR count). The van der Waals surface area contributed by atoms with Crippen molar-refractivity contribution >= 4 is 51.6 Å². The Morgan fingerprint density at radius 3 is 1.99 bits per heavy atom. The summed E-state index contributed by atoms with van der Waals surface area (Å²) >= 11 is 0. The first-order valence-electron chi connectivity index (χ1n) is 23.6. The second kappa shape index (κ2) is 31.9. The first-order valence-corrected chi connectivity index (χ1v) is 25.1. The summed E-state index contributed by atoms with van der Waals surface area (Å²) in [4.78, 5) is 67.8. The molecule has 0 spiro atoms. The molecule has 2 heterocycles. The maximum atomic E-state index is 12.8. The molecule has 5 amide bonds. The van der Waals surface area contributed by atoms with Gasteiger partial charge in [-0.25, -0.2) is 23.2 Å². The van der Waals surface area contributed by atoms with E-state index in [2.05, 4.69) is 31.1 Å². The number of sulfone groups is 1. The van der Waals surface area contributed by atoms with Crippen LogP contribution < -0.4 is 27.4 Å². The molecule has 0 fully saturated rings. The van der Waals surface area contributed by atoms with Gasteiger partial charge in [0, 0.05) is 49.4 Å². The minimum Gasteiger partial charge on any atom is -0.528 e. The van der Waals surface area contributed by atoms with Crippen molar-refractivity contribution in [1.29, 1.82) is 0 Å². The number of aromatic nitrogens is 3. The molecule has 3 aromatic carbocycles. The van der Waals surface area contributed by atoms with Crippen LogP contribution in [0.25, 0.3) is 34.0 Å². The van der Waals surface area contributed by atoms with Crippen LogP contribution in [0.1, 0.15) is 66.0 Å². The van der Waals surface area contributed by atoms with Crippen LogP contribution in [0.2, 0.25) is 0 Å². The fourth-order valence-electron chi connectivity index (χ4n) is 6.16. The smallest absolute Gasteiger partial charge is 0.410 e. The van der Waals surface area contributed by atoms with E-state index in [9.17, 15) is 32.4 Å². The molecule has 0 saturated heterocycles. The molecule has 2 aromatic heterocycles. The number of carbonyl (C=O) groups excluding carboxylic acids is 5. The van der Waals surface area contributed by atoms with Gasteiger partial charge in [-0.15, -0.1) is 0 Å². The number of carbonyl (C=O) groups is 4. The van der Waals surface area contributed by atoms with Crippen LogP contribution in [0.5, 0.6) is 0 Å². The van der Waals surface area contributed by atoms with Gasteiger partial charge < -0.3 is 60.6 Å².